The van der Waals surface area contributed by atoms with Crippen LogP contribution in [0.5, 0.6) is 0 Å². The van der Waals surface area contributed by atoms with E-state index >= 15 is 0 Å². The number of nitrogens with one attached hydrogen (secondary N) is 2. The van der Waals surface area contributed by atoms with E-state index in [9.17, 15) is 14.0 Å². The molecule has 2 aromatic carbocycles. The summed E-state index contributed by atoms with van der Waals surface area (Å²) in [6.07, 6.45) is 0.599. The number of aromatic nitrogens is 1. The van der Waals surface area contributed by atoms with Crippen molar-refractivity contribution in [3.63, 3.8) is 0 Å². The number of carbonyl (C=O) groups excluding carboxylic acids is 1. The Bertz CT molecular complexity index is 1130. The van der Waals surface area contributed by atoms with Gasteiger partial charge in [-0.2, -0.15) is 0 Å². The fourth-order valence-corrected chi connectivity index (χ4v) is 3.57. The number of halogens is 1. The lowest BCUT2D eigenvalue weighted by atomic mass is 10.1. The molecule has 0 aliphatic heterocycles. The molecular weight excluding hydrogens is 397 g/mol. The smallest absolute Gasteiger partial charge is 0.322 e. The van der Waals surface area contributed by atoms with Gasteiger partial charge in [-0.15, -0.1) is 0 Å². The van der Waals surface area contributed by atoms with Crippen molar-refractivity contribution >= 4 is 22.6 Å². The first-order valence-electron chi connectivity index (χ1n) is 10.4. The summed E-state index contributed by atoms with van der Waals surface area (Å²) in [6.45, 7) is 7.40. The van der Waals surface area contributed by atoms with Crippen molar-refractivity contribution in [2.75, 3.05) is 25.1 Å². The van der Waals surface area contributed by atoms with Crippen LogP contribution in [0.4, 0.5) is 14.9 Å². The molecule has 0 radical (unpaired) electrons. The lowest BCUT2D eigenvalue weighted by Crippen LogP contribution is -2.37. The zero-order valence-electron chi connectivity index (χ0n) is 18.1. The van der Waals surface area contributed by atoms with Gasteiger partial charge in [0.1, 0.15) is 5.82 Å². The van der Waals surface area contributed by atoms with Gasteiger partial charge in [0.05, 0.1) is 17.7 Å². The normalized spacial score (nSPS) is 11.0. The third-order valence-corrected chi connectivity index (χ3v) is 5.05. The van der Waals surface area contributed by atoms with E-state index in [1.807, 2.05) is 39.0 Å². The van der Waals surface area contributed by atoms with Crippen LogP contribution in [-0.2, 0) is 11.3 Å². The standard InChI is InChI=1S/C24H28FN3O3/c1-4-31-11-7-10-28(24(30)26-21-9-6-5-8-20(21)25)15-19-14-18-13-16(2)12-17(3)22(18)27-23(19)29/h5-6,8-9,12-14H,4,7,10-11,15H2,1-3H3,(H,26,30)(H,27,29). The van der Waals surface area contributed by atoms with E-state index in [0.29, 0.717) is 31.7 Å². The van der Waals surface area contributed by atoms with Crippen LogP contribution >= 0.6 is 0 Å². The predicted molar refractivity (Wildman–Crippen MR) is 121 cm³/mol. The molecule has 7 heteroatoms. The number of ether oxygens (including phenoxy) is 1. The quantitative estimate of drug-likeness (QED) is 0.512. The second-order valence-electron chi connectivity index (χ2n) is 7.55. The number of urea groups is 1. The van der Waals surface area contributed by atoms with Gasteiger partial charge in [-0.25, -0.2) is 9.18 Å². The summed E-state index contributed by atoms with van der Waals surface area (Å²) in [5, 5.41) is 3.52. The molecule has 0 saturated heterocycles. The van der Waals surface area contributed by atoms with Gasteiger partial charge in [-0.05, 0) is 62.4 Å². The van der Waals surface area contributed by atoms with Crippen LogP contribution in [-0.4, -0.2) is 35.7 Å². The van der Waals surface area contributed by atoms with Crippen LogP contribution < -0.4 is 10.9 Å². The Morgan fingerprint density at radius 2 is 1.97 bits per heavy atom. The first-order chi connectivity index (χ1) is 14.9. The number of fused-ring (bicyclic) bond motifs is 1. The molecule has 0 spiro atoms. The van der Waals surface area contributed by atoms with Crippen LogP contribution in [0.25, 0.3) is 10.9 Å². The Morgan fingerprint density at radius 1 is 1.19 bits per heavy atom. The molecule has 0 unspecified atom stereocenters. The molecule has 1 heterocycles. The third kappa shape index (κ3) is 5.70. The number of pyridine rings is 1. The molecule has 3 rings (SSSR count). The molecule has 1 aromatic heterocycles. The third-order valence-electron chi connectivity index (χ3n) is 5.05. The van der Waals surface area contributed by atoms with E-state index in [0.717, 1.165) is 22.0 Å². The maximum atomic E-state index is 14.0. The van der Waals surface area contributed by atoms with Crippen LogP contribution in [0.15, 0.2) is 47.3 Å². The predicted octanol–water partition coefficient (Wildman–Crippen LogP) is 4.74. The number of carbonyl (C=O) groups is 1. The van der Waals surface area contributed by atoms with Gasteiger partial charge in [0, 0.05) is 25.3 Å². The molecule has 0 aliphatic rings. The fourth-order valence-electron chi connectivity index (χ4n) is 3.57. The number of hydrogen-bond acceptors (Lipinski definition) is 3. The summed E-state index contributed by atoms with van der Waals surface area (Å²) in [7, 11) is 0. The van der Waals surface area contributed by atoms with Crippen LogP contribution in [0.2, 0.25) is 0 Å². The molecule has 0 fully saturated rings. The molecule has 2 amide bonds. The minimum atomic E-state index is -0.514. The zero-order valence-corrected chi connectivity index (χ0v) is 18.1. The van der Waals surface area contributed by atoms with Crippen molar-refractivity contribution < 1.29 is 13.9 Å². The molecule has 0 bridgehead atoms. The lowest BCUT2D eigenvalue weighted by Gasteiger charge is -2.23. The summed E-state index contributed by atoms with van der Waals surface area (Å²) >= 11 is 0. The highest BCUT2D eigenvalue weighted by Crippen LogP contribution is 2.19. The summed E-state index contributed by atoms with van der Waals surface area (Å²) in [5.41, 5.74) is 3.20. The first kappa shape index (κ1) is 22.5. The highest BCUT2D eigenvalue weighted by Gasteiger charge is 2.18. The lowest BCUT2D eigenvalue weighted by molar-refractivity contribution is 0.134. The summed E-state index contributed by atoms with van der Waals surface area (Å²) in [5.74, 6) is -0.514. The monoisotopic (exact) mass is 425 g/mol. The Morgan fingerprint density at radius 3 is 2.71 bits per heavy atom. The van der Waals surface area contributed by atoms with Gasteiger partial charge in [0.25, 0.3) is 5.56 Å². The molecule has 0 aliphatic carbocycles. The van der Waals surface area contributed by atoms with E-state index in [1.54, 1.807) is 12.1 Å². The largest absolute Gasteiger partial charge is 0.382 e. The molecule has 164 valence electrons. The molecule has 0 atom stereocenters. The molecule has 6 nitrogen and oxygen atoms in total. The van der Waals surface area contributed by atoms with Crippen molar-refractivity contribution in [2.24, 2.45) is 0 Å². The van der Waals surface area contributed by atoms with Gasteiger partial charge in [0.2, 0.25) is 0 Å². The van der Waals surface area contributed by atoms with E-state index in [2.05, 4.69) is 10.3 Å². The highest BCUT2D eigenvalue weighted by atomic mass is 19.1. The minimum absolute atomic E-state index is 0.0981. The average Bonchev–Trinajstić information content (AvgIpc) is 2.73. The fraction of sp³-hybridized carbons (Fsp3) is 0.333. The van der Waals surface area contributed by atoms with Crippen molar-refractivity contribution in [3.8, 4) is 0 Å². The van der Waals surface area contributed by atoms with E-state index in [4.69, 9.17) is 4.74 Å². The SMILES string of the molecule is CCOCCCN(Cc1cc2cc(C)cc(C)c2[nH]c1=O)C(=O)Nc1ccccc1F. The van der Waals surface area contributed by atoms with Crippen LogP contribution in [0, 0.1) is 19.7 Å². The zero-order chi connectivity index (χ0) is 22.4. The van der Waals surface area contributed by atoms with E-state index in [-0.39, 0.29) is 17.8 Å². The van der Waals surface area contributed by atoms with Crippen molar-refractivity contribution in [1.29, 1.82) is 0 Å². The Balaban J connectivity index is 1.87. The first-order valence-corrected chi connectivity index (χ1v) is 10.4. The van der Waals surface area contributed by atoms with Crippen LogP contribution in [0.3, 0.4) is 0 Å². The second-order valence-corrected chi connectivity index (χ2v) is 7.55. The van der Waals surface area contributed by atoms with Gasteiger partial charge in [0.15, 0.2) is 0 Å². The average molecular weight is 426 g/mol. The topological polar surface area (TPSA) is 74.4 Å². The van der Waals surface area contributed by atoms with E-state index in [1.165, 1.54) is 17.0 Å². The van der Waals surface area contributed by atoms with E-state index < -0.39 is 11.8 Å². The van der Waals surface area contributed by atoms with Crippen molar-refractivity contribution in [1.82, 2.24) is 9.88 Å². The van der Waals surface area contributed by atoms with Gasteiger partial charge in [-0.1, -0.05) is 23.8 Å². The number of benzene rings is 2. The molecular formula is C24H28FN3O3. The number of aromatic amines is 1. The number of amides is 2. The van der Waals surface area contributed by atoms with Crippen LogP contribution in [0.1, 0.15) is 30.0 Å². The van der Waals surface area contributed by atoms with Gasteiger partial charge in [-0.3, -0.25) is 4.79 Å². The number of para-hydroxylation sites is 1. The maximum Gasteiger partial charge on any atom is 0.322 e. The Kier molecular flexibility index (Phi) is 7.41. The molecule has 2 N–H and O–H groups in total. The summed E-state index contributed by atoms with van der Waals surface area (Å²) in [4.78, 5) is 30.1. The van der Waals surface area contributed by atoms with Gasteiger partial charge < -0.3 is 19.9 Å². The van der Waals surface area contributed by atoms with Gasteiger partial charge >= 0.3 is 6.03 Å². The number of nitrogens with zero attached hydrogens (tertiary/aromatic N) is 1. The number of anilines is 1. The minimum Gasteiger partial charge on any atom is -0.382 e. The van der Waals surface area contributed by atoms with Crippen molar-refractivity contribution in [3.05, 3.63) is 75.3 Å². The second kappa shape index (κ2) is 10.2. The number of rotatable bonds is 8. The highest BCUT2D eigenvalue weighted by molar-refractivity contribution is 5.89. The Labute approximate surface area is 181 Å². The Hall–Kier alpha value is -3.19. The number of H-pyrrole nitrogens is 1. The number of aryl methyl sites for hydroxylation is 2. The maximum absolute atomic E-state index is 14.0. The summed E-state index contributed by atoms with van der Waals surface area (Å²) in [6, 6.07) is 11.4. The summed E-state index contributed by atoms with van der Waals surface area (Å²) < 4.78 is 19.4. The molecule has 0 saturated carbocycles. The van der Waals surface area contributed by atoms with Crippen molar-refractivity contribution in [2.45, 2.75) is 33.7 Å². The molecule has 31 heavy (non-hydrogen) atoms. The molecule has 3 aromatic rings. The number of hydrogen-bond donors (Lipinski definition) is 2.